The second-order valence-corrected chi connectivity index (χ2v) is 8.72. The molecule has 2 aromatic carbocycles. The second-order valence-electron chi connectivity index (χ2n) is 7.47. The van der Waals surface area contributed by atoms with Crippen molar-refractivity contribution < 1.29 is 14.3 Å². The van der Waals surface area contributed by atoms with E-state index in [2.05, 4.69) is 5.32 Å². The zero-order chi connectivity index (χ0) is 23.0. The van der Waals surface area contributed by atoms with Crippen LogP contribution in [0.5, 0.6) is 5.75 Å². The molecule has 0 saturated heterocycles. The lowest BCUT2D eigenvalue weighted by Crippen LogP contribution is -2.49. The molecule has 0 spiro atoms. The summed E-state index contributed by atoms with van der Waals surface area (Å²) in [5, 5.41) is 4.39. The van der Waals surface area contributed by atoms with Crippen LogP contribution in [0.4, 0.5) is 0 Å². The number of halogens is 3. The Hall–Kier alpha value is -1.95. The van der Waals surface area contributed by atoms with Crippen molar-refractivity contribution >= 4 is 46.6 Å². The number of benzene rings is 2. The molecule has 31 heavy (non-hydrogen) atoms. The predicted octanol–water partition coefficient (Wildman–Crippen LogP) is 5.75. The summed E-state index contributed by atoms with van der Waals surface area (Å²) in [7, 11) is 0. The van der Waals surface area contributed by atoms with E-state index in [-0.39, 0.29) is 30.8 Å². The number of rotatable bonds is 10. The minimum atomic E-state index is -0.681. The summed E-state index contributed by atoms with van der Waals surface area (Å²) < 4.78 is 5.66. The van der Waals surface area contributed by atoms with Crippen molar-refractivity contribution in [2.24, 2.45) is 0 Å². The number of ether oxygens (including phenoxy) is 1. The van der Waals surface area contributed by atoms with Crippen molar-refractivity contribution in [1.82, 2.24) is 10.2 Å². The van der Waals surface area contributed by atoms with E-state index in [0.717, 1.165) is 0 Å². The van der Waals surface area contributed by atoms with Crippen LogP contribution in [-0.4, -0.2) is 35.4 Å². The van der Waals surface area contributed by atoms with Gasteiger partial charge in [0.2, 0.25) is 11.8 Å². The number of amides is 2. The summed E-state index contributed by atoms with van der Waals surface area (Å²) in [6, 6.07) is 11.5. The Kier molecular flexibility index (Phi) is 9.94. The first kappa shape index (κ1) is 25.3. The molecule has 0 unspecified atom stereocenters. The molecule has 0 fully saturated rings. The number of carbonyl (C=O) groups is 2. The molecule has 0 aliphatic carbocycles. The standard InChI is InChI=1S/C23H27Cl3N2O3/c1-15(2)27-23(30)16(3)28(14-19-20(25)6-4-7-21(19)26)22(29)8-5-13-31-18-11-9-17(24)10-12-18/h4,6-7,9-12,15-16H,5,8,13-14H2,1-3H3,(H,27,30)/t16-/m1/s1. The first-order valence-corrected chi connectivity index (χ1v) is 11.2. The normalized spacial score (nSPS) is 11.8. The summed E-state index contributed by atoms with van der Waals surface area (Å²) in [5.74, 6) is 0.271. The maximum Gasteiger partial charge on any atom is 0.242 e. The van der Waals surface area contributed by atoms with E-state index in [1.54, 1.807) is 49.4 Å². The van der Waals surface area contributed by atoms with Gasteiger partial charge in [-0.25, -0.2) is 0 Å². The molecular formula is C23H27Cl3N2O3. The molecule has 0 bridgehead atoms. The average Bonchev–Trinajstić information content (AvgIpc) is 2.71. The third-order valence-electron chi connectivity index (χ3n) is 4.61. The van der Waals surface area contributed by atoms with Crippen LogP contribution < -0.4 is 10.1 Å². The molecule has 0 aliphatic rings. The molecular weight excluding hydrogens is 459 g/mol. The molecule has 1 atom stereocenters. The minimum Gasteiger partial charge on any atom is -0.494 e. The Labute approximate surface area is 198 Å². The van der Waals surface area contributed by atoms with Gasteiger partial charge in [-0.15, -0.1) is 0 Å². The highest BCUT2D eigenvalue weighted by Crippen LogP contribution is 2.27. The Bertz CT molecular complexity index is 868. The number of hydrogen-bond acceptors (Lipinski definition) is 3. The van der Waals surface area contributed by atoms with Gasteiger partial charge in [-0.1, -0.05) is 40.9 Å². The van der Waals surface area contributed by atoms with E-state index in [1.807, 2.05) is 13.8 Å². The first-order chi connectivity index (χ1) is 14.7. The van der Waals surface area contributed by atoms with Crippen molar-refractivity contribution in [2.75, 3.05) is 6.61 Å². The Morgan fingerprint density at radius 3 is 2.19 bits per heavy atom. The second kappa shape index (κ2) is 12.2. The van der Waals surface area contributed by atoms with E-state index >= 15 is 0 Å². The molecule has 168 valence electrons. The minimum absolute atomic E-state index is 0.0384. The van der Waals surface area contributed by atoms with Crippen LogP contribution in [0.1, 0.15) is 39.2 Å². The molecule has 0 saturated carbocycles. The van der Waals surface area contributed by atoms with E-state index in [9.17, 15) is 9.59 Å². The van der Waals surface area contributed by atoms with Gasteiger partial charge in [0.25, 0.3) is 0 Å². The molecule has 0 aromatic heterocycles. The lowest BCUT2D eigenvalue weighted by Gasteiger charge is -2.30. The fourth-order valence-electron chi connectivity index (χ4n) is 2.93. The van der Waals surface area contributed by atoms with E-state index in [0.29, 0.717) is 39.4 Å². The van der Waals surface area contributed by atoms with Crippen LogP contribution in [0.25, 0.3) is 0 Å². The van der Waals surface area contributed by atoms with Crippen LogP contribution in [0, 0.1) is 0 Å². The molecule has 8 heteroatoms. The van der Waals surface area contributed by atoms with Gasteiger partial charge in [0, 0.05) is 39.6 Å². The topological polar surface area (TPSA) is 58.6 Å². The van der Waals surface area contributed by atoms with Crippen LogP contribution in [0.15, 0.2) is 42.5 Å². The highest BCUT2D eigenvalue weighted by molar-refractivity contribution is 6.36. The van der Waals surface area contributed by atoms with Crippen molar-refractivity contribution in [3.63, 3.8) is 0 Å². The fraction of sp³-hybridized carbons (Fsp3) is 0.391. The van der Waals surface area contributed by atoms with E-state index < -0.39 is 6.04 Å². The molecule has 5 nitrogen and oxygen atoms in total. The van der Waals surface area contributed by atoms with Crippen molar-refractivity contribution in [3.05, 3.63) is 63.1 Å². The van der Waals surface area contributed by atoms with Gasteiger partial charge in [-0.05, 0) is 63.6 Å². The number of carbonyl (C=O) groups excluding carboxylic acids is 2. The number of nitrogens with zero attached hydrogens (tertiary/aromatic N) is 1. The van der Waals surface area contributed by atoms with E-state index in [4.69, 9.17) is 39.5 Å². The van der Waals surface area contributed by atoms with E-state index in [1.165, 1.54) is 4.90 Å². The van der Waals surface area contributed by atoms with Crippen LogP contribution in [-0.2, 0) is 16.1 Å². The Morgan fingerprint density at radius 1 is 1.00 bits per heavy atom. The molecule has 2 rings (SSSR count). The SMILES string of the molecule is CC(C)NC(=O)[C@@H](C)N(Cc1c(Cl)cccc1Cl)C(=O)CCCOc1ccc(Cl)cc1. The zero-order valence-corrected chi connectivity index (χ0v) is 20.1. The highest BCUT2D eigenvalue weighted by Gasteiger charge is 2.27. The smallest absolute Gasteiger partial charge is 0.242 e. The third-order valence-corrected chi connectivity index (χ3v) is 5.57. The van der Waals surface area contributed by atoms with Crippen molar-refractivity contribution in [1.29, 1.82) is 0 Å². The van der Waals surface area contributed by atoms with Gasteiger partial charge >= 0.3 is 0 Å². The average molecular weight is 486 g/mol. The van der Waals surface area contributed by atoms with Gasteiger partial charge < -0.3 is 15.0 Å². The summed E-state index contributed by atoms with van der Waals surface area (Å²) in [5.41, 5.74) is 0.612. The maximum atomic E-state index is 13.0. The van der Waals surface area contributed by atoms with Gasteiger partial charge in [-0.3, -0.25) is 9.59 Å². The van der Waals surface area contributed by atoms with Gasteiger partial charge in [0.15, 0.2) is 0 Å². The van der Waals surface area contributed by atoms with Crippen LogP contribution in [0.3, 0.4) is 0 Å². The summed E-state index contributed by atoms with van der Waals surface area (Å²) in [6.07, 6.45) is 0.710. The van der Waals surface area contributed by atoms with Gasteiger partial charge in [0.05, 0.1) is 6.61 Å². The van der Waals surface area contributed by atoms with Gasteiger partial charge in [0.1, 0.15) is 11.8 Å². The quantitative estimate of drug-likeness (QED) is 0.436. The third kappa shape index (κ3) is 7.91. The molecule has 2 amide bonds. The highest BCUT2D eigenvalue weighted by atomic mass is 35.5. The summed E-state index contributed by atoms with van der Waals surface area (Å²) in [6.45, 7) is 5.94. The molecule has 0 radical (unpaired) electrons. The maximum absolute atomic E-state index is 13.0. The molecule has 0 heterocycles. The lowest BCUT2D eigenvalue weighted by atomic mass is 10.1. The lowest BCUT2D eigenvalue weighted by molar-refractivity contribution is -0.141. The molecule has 2 aromatic rings. The largest absolute Gasteiger partial charge is 0.494 e. The van der Waals surface area contributed by atoms with Gasteiger partial charge in [-0.2, -0.15) is 0 Å². The molecule has 1 N–H and O–H groups in total. The van der Waals surface area contributed by atoms with Crippen LogP contribution in [0.2, 0.25) is 15.1 Å². The number of hydrogen-bond donors (Lipinski definition) is 1. The first-order valence-electron chi connectivity index (χ1n) is 10.1. The van der Waals surface area contributed by atoms with Crippen molar-refractivity contribution in [3.8, 4) is 5.75 Å². The number of nitrogens with one attached hydrogen (secondary N) is 1. The Morgan fingerprint density at radius 2 is 1.61 bits per heavy atom. The van der Waals surface area contributed by atoms with Crippen LogP contribution >= 0.6 is 34.8 Å². The monoisotopic (exact) mass is 484 g/mol. The Balaban J connectivity index is 2.06. The summed E-state index contributed by atoms with van der Waals surface area (Å²) >= 11 is 18.5. The summed E-state index contributed by atoms with van der Waals surface area (Å²) in [4.78, 5) is 27.1. The van der Waals surface area contributed by atoms with Crippen molar-refractivity contribution in [2.45, 2.75) is 52.2 Å². The molecule has 0 aliphatic heterocycles. The predicted molar refractivity (Wildman–Crippen MR) is 126 cm³/mol. The zero-order valence-electron chi connectivity index (χ0n) is 17.8. The fourth-order valence-corrected chi connectivity index (χ4v) is 3.57.